The molecule has 210 valence electrons. The zero-order chi connectivity index (χ0) is 25.1. The molecule has 1 aliphatic heterocycles. The molecule has 5 rings (SSSR count). The molecule has 1 aliphatic carbocycles. The number of piperidine rings is 1. The smallest absolute Gasteiger partial charge is 0.174 e. The van der Waals surface area contributed by atoms with Gasteiger partial charge in [0.2, 0.25) is 0 Å². The third kappa shape index (κ3) is 7.59. The molecule has 5 nitrogen and oxygen atoms in total. The number of nitrogens with zero attached hydrogens (tertiary/aromatic N) is 3. The fourth-order valence-corrected chi connectivity index (χ4v) is 5.16. The average molecular weight is 571 g/mol. The Morgan fingerprint density at radius 2 is 1.76 bits per heavy atom. The van der Waals surface area contributed by atoms with Crippen molar-refractivity contribution in [3.63, 3.8) is 0 Å². The van der Waals surface area contributed by atoms with E-state index in [1.54, 1.807) is 12.1 Å². The van der Waals surface area contributed by atoms with Crippen LogP contribution >= 0.6 is 24.8 Å². The lowest BCUT2D eigenvalue weighted by Crippen LogP contribution is -2.33. The minimum atomic E-state index is -0.770. The van der Waals surface area contributed by atoms with Gasteiger partial charge in [-0.15, -0.1) is 24.8 Å². The zero-order valence-corrected chi connectivity index (χ0v) is 23.9. The van der Waals surface area contributed by atoms with Crippen LogP contribution in [0, 0.1) is 23.5 Å². The lowest BCUT2D eigenvalue weighted by atomic mass is 9.90. The number of hydrogen-bond donors (Lipinski definition) is 0. The summed E-state index contributed by atoms with van der Waals surface area (Å²) in [4.78, 5) is 4.40. The summed E-state index contributed by atoms with van der Waals surface area (Å²) in [6.07, 6.45) is 7.44. The van der Waals surface area contributed by atoms with E-state index in [4.69, 9.17) is 9.26 Å². The van der Waals surface area contributed by atoms with Gasteiger partial charge in [0.1, 0.15) is 5.75 Å². The molecule has 0 spiro atoms. The molecule has 1 saturated carbocycles. The van der Waals surface area contributed by atoms with Crippen molar-refractivity contribution in [2.75, 3.05) is 40.3 Å². The van der Waals surface area contributed by atoms with Crippen LogP contribution in [0.15, 0.2) is 34.9 Å². The summed E-state index contributed by atoms with van der Waals surface area (Å²) in [6.45, 7) is 3.97. The van der Waals surface area contributed by atoms with Crippen LogP contribution in [0.2, 0.25) is 0 Å². The Morgan fingerprint density at radius 3 is 2.47 bits per heavy atom. The fourth-order valence-electron chi connectivity index (χ4n) is 5.16. The molecule has 1 saturated heterocycles. The van der Waals surface area contributed by atoms with E-state index in [0.717, 1.165) is 86.3 Å². The van der Waals surface area contributed by atoms with Crippen molar-refractivity contribution >= 4 is 35.8 Å². The van der Waals surface area contributed by atoms with E-state index in [9.17, 15) is 8.78 Å². The third-order valence-electron chi connectivity index (χ3n) is 7.68. The van der Waals surface area contributed by atoms with E-state index in [1.165, 1.54) is 18.9 Å². The molecule has 1 aromatic heterocycles. The quantitative estimate of drug-likeness (QED) is 0.257. The molecule has 0 bridgehead atoms. The monoisotopic (exact) mass is 569 g/mol. The molecule has 0 N–H and O–H groups in total. The maximum Gasteiger partial charge on any atom is 0.174 e. The number of likely N-dealkylation sites (N-methyl/N-ethyl adjacent to an activating group) is 1. The van der Waals surface area contributed by atoms with Gasteiger partial charge in [-0.3, -0.25) is 4.90 Å². The molecule has 9 heteroatoms. The Kier molecular flexibility index (Phi) is 11.2. The summed E-state index contributed by atoms with van der Waals surface area (Å²) in [5, 5.41) is 5.57. The maximum absolute atomic E-state index is 14.0. The van der Waals surface area contributed by atoms with Crippen LogP contribution in [0.4, 0.5) is 8.78 Å². The lowest BCUT2D eigenvalue weighted by molar-refractivity contribution is 0.170. The number of aromatic nitrogens is 1. The second-order valence-electron chi connectivity index (χ2n) is 10.8. The number of halogens is 4. The fraction of sp³-hybridized carbons (Fsp3) is 0.552. The topological polar surface area (TPSA) is 41.7 Å². The van der Waals surface area contributed by atoms with Crippen LogP contribution in [0.1, 0.15) is 48.9 Å². The molecule has 0 atom stereocenters. The van der Waals surface area contributed by atoms with Crippen LogP contribution in [-0.2, 0) is 19.4 Å². The molecular weight excluding hydrogens is 531 g/mol. The number of benzene rings is 2. The third-order valence-corrected chi connectivity index (χ3v) is 7.68. The van der Waals surface area contributed by atoms with E-state index >= 15 is 0 Å². The van der Waals surface area contributed by atoms with Crippen molar-refractivity contribution in [1.82, 2.24) is 15.0 Å². The SMILES string of the molecule is CN(C)CCc1c(OCC2CC2)ccc2c(CCC3CCN(Cc4cccc(F)c4F)CC3)noc12.Cl.Cl. The van der Waals surface area contributed by atoms with E-state index < -0.39 is 11.6 Å². The molecular formula is C29H39Cl2F2N3O2. The molecule has 2 aromatic carbocycles. The second kappa shape index (κ2) is 13.9. The summed E-state index contributed by atoms with van der Waals surface area (Å²) in [5.74, 6) is 0.741. The summed E-state index contributed by atoms with van der Waals surface area (Å²) in [7, 11) is 4.16. The van der Waals surface area contributed by atoms with Crippen molar-refractivity contribution in [3.05, 3.63) is 58.8 Å². The Labute approximate surface area is 236 Å². The number of ether oxygens (including phenoxy) is 1. The van der Waals surface area contributed by atoms with E-state index in [2.05, 4.69) is 41.2 Å². The number of fused-ring (bicyclic) bond motifs is 1. The highest BCUT2D eigenvalue weighted by molar-refractivity contribution is 5.86. The first-order valence-corrected chi connectivity index (χ1v) is 13.3. The highest BCUT2D eigenvalue weighted by atomic mass is 35.5. The maximum atomic E-state index is 14.0. The summed E-state index contributed by atoms with van der Waals surface area (Å²) >= 11 is 0. The minimum absolute atomic E-state index is 0. The van der Waals surface area contributed by atoms with Crippen molar-refractivity contribution < 1.29 is 18.0 Å². The Balaban J connectivity index is 0.00000200. The zero-order valence-electron chi connectivity index (χ0n) is 22.3. The molecule has 0 amide bonds. The molecule has 0 radical (unpaired) electrons. The second-order valence-corrected chi connectivity index (χ2v) is 10.8. The highest BCUT2D eigenvalue weighted by Gasteiger charge is 2.25. The summed E-state index contributed by atoms with van der Waals surface area (Å²) in [5.41, 5.74) is 3.45. The first-order valence-electron chi connectivity index (χ1n) is 13.3. The number of hydrogen-bond acceptors (Lipinski definition) is 5. The molecule has 38 heavy (non-hydrogen) atoms. The highest BCUT2D eigenvalue weighted by Crippen LogP contribution is 2.35. The van der Waals surface area contributed by atoms with Crippen LogP contribution in [0.5, 0.6) is 5.75 Å². The van der Waals surface area contributed by atoms with Crippen LogP contribution in [0.3, 0.4) is 0 Å². The van der Waals surface area contributed by atoms with Crippen molar-refractivity contribution in [2.45, 2.75) is 51.5 Å². The van der Waals surface area contributed by atoms with Gasteiger partial charge in [0.25, 0.3) is 0 Å². The van der Waals surface area contributed by atoms with Crippen LogP contribution < -0.4 is 4.74 Å². The molecule has 2 fully saturated rings. The van der Waals surface area contributed by atoms with Crippen molar-refractivity contribution in [2.24, 2.45) is 11.8 Å². The van der Waals surface area contributed by atoms with Gasteiger partial charge in [0.05, 0.1) is 12.3 Å². The lowest BCUT2D eigenvalue weighted by Gasteiger charge is -2.32. The first kappa shape index (κ1) is 30.6. The van der Waals surface area contributed by atoms with Gasteiger partial charge in [0, 0.05) is 29.6 Å². The average Bonchev–Trinajstić information content (AvgIpc) is 3.61. The van der Waals surface area contributed by atoms with Gasteiger partial charge < -0.3 is 14.2 Å². The van der Waals surface area contributed by atoms with Gasteiger partial charge in [-0.1, -0.05) is 17.3 Å². The summed E-state index contributed by atoms with van der Waals surface area (Å²) < 4.78 is 39.6. The first-order chi connectivity index (χ1) is 17.5. The number of aryl methyl sites for hydroxylation is 1. The van der Waals surface area contributed by atoms with Crippen LogP contribution in [0.25, 0.3) is 11.0 Å². The summed E-state index contributed by atoms with van der Waals surface area (Å²) in [6, 6.07) is 8.64. The van der Waals surface area contributed by atoms with E-state index in [-0.39, 0.29) is 24.8 Å². The standard InChI is InChI=1S/C29H37F2N3O2.2ClH/c1-33(2)15-14-24-27(35-19-21-6-7-21)11-9-23-26(32-36-29(23)24)10-8-20-12-16-34(17-13-20)18-22-4-3-5-25(30)28(22)31;;/h3-5,9,11,20-21H,6-8,10,12-19H2,1-2H3;2*1H. The Bertz CT molecular complexity index is 1180. The van der Waals surface area contributed by atoms with Crippen molar-refractivity contribution in [1.29, 1.82) is 0 Å². The minimum Gasteiger partial charge on any atom is -0.493 e. The van der Waals surface area contributed by atoms with E-state index in [0.29, 0.717) is 23.9 Å². The van der Waals surface area contributed by atoms with Gasteiger partial charge in [0.15, 0.2) is 17.2 Å². The normalized spacial score (nSPS) is 16.4. The predicted molar refractivity (Wildman–Crippen MR) is 152 cm³/mol. The molecule has 2 aliphatic rings. The Morgan fingerprint density at radius 1 is 1.00 bits per heavy atom. The predicted octanol–water partition coefficient (Wildman–Crippen LogP) is 6.69. The van der Waals surface area contributed by atoms with Crippen LogP contribution in [-0.4, -0.2) is 55.3 Å². The molecule has 0 unspecified atom stereocenters. The van der Waals surface area contributed by atoms with Gasteiger partial charge in [-0.2, -0.15) is 0 Å². The molecule has 2 heterocycles. The number of likely N-dealkylation sites (tertiary alicyclic amines) is 1. The van der Waals surface area contributed by atoms with E-state index in [1.807, 2.05) is 0 Å². The Hall–Kier alpha value is -1.93. The largest absolute Gasteiger partial charge is 0.493 e. The van der Waals surface area contributed by atoms with Gasteiger partial charge in [-0.25, -0.2) is 8.78 Å². The van der Waals surface area contributed by atoms with Crippen molar-refractivity contribution in [3.8, 4) is 5.75 Å². The number of rotatable bonds is 11. The van der Waals surface area contributed by atoms with Gasteiger partial charge in [-0.05, 0) is 102 Å². The van der Waals surface area contributed by atoms with Gasteiger partial charge >= 0.3 is 0 Å². The molecule has 3 aromatic rings.